The minimum Gasteiger partial charge on any atom is -0.493 e. The molecule has 1 heterocycles. The Hall–Kier alpha value is -3.64. The van der Waals surface area contributed by atoms with Crippen molar-refractivity contribution in [1.82, 2.24) is 4.57 Å². The number of aromatic nitrogens is 1. The Kier molecular flexibility index (Phi) is 6.72. The molecular formula is C22H22N2O6S. The van der Waals surface area contributed by atoms with E-state index in [-0.39, 0.29) is 12.1 Å². The van der Waals surface area contributed by atoms with Crippen molar-refractivity contribution in [3.05, 3.63) is 34.6 Å². The van der Waals surface area contributed by atoms with Crippen molar-refractivity contribution in [2.75, 3.05) is 35.5 Å². The summed E-state index contributed by atoms with van der Waals surface area (Å²) >= 11 is 1.32. The topological polar surface area (TPSA) is 80.5 Å². The van der Waals surface area contributed by atoms with Crippen LogP contribution in [0.3, 0.4) is 0 Å². The molecule has 1 aromatic heterocycles. The third kappa shape index (κ3) is 4.15. The number of amides is 1. The minimum atomic E-state index is -0.476. The largest absolute Gasteiger partial charge is 0.493 e. The van der Waals surface area contributed by atoms with Crippen molar-refractivity contribution >= 4 is 27.5 Å². The van der Waals surface area contributed by atoms with Gasteiger partial charge in [-0.05, 0) is 12.1 Å². The molecule has 1 amide bonds. The van der Waals surface area contributed by atoms with E-state index in [0.29, 0.717) is 33.5 Å². The number of hydrogen-bond donors (Lipinski definition) is 0. The standard InChI is InChI=1S/C22H22N2O6S/c1-7-8-24-14-11-15(26-2)16(27-3)12-19(14)31-22(24)23-21(25)13-9-17(28-4)20(30-6)18(10-13)29-5/h1,9-12H,8H2,2-6H3. The van der Waals surface area contributed by atoms with Gasteiger partial charge in [0, 0.05) is 17.7 Å². The van der Waals surface area contributed by atoms with Gasteiger partial charge in [-0.2, -0.15) is 4.99 Å². The van der Waals surface area contributed by atoms with Crippen LogP contribution in [0.2, 0.25) is 0 Å². The fourth-order valence-electron chi connectivity index (χ4n) is 3.08. The van der Waals surface area contributed by atoms with Crippen LogP contribution in [-0.2, 0) is 6.54 Å². The summed E-state index contributed by atoms with van der Waals surface area (Å²) in [5.74, 6) is 4.38. The zero-order chi connectivity index (χ0) is 22.5. The summed E-state index contributed by atoms with van der Waals surface area (Å²) in [6.45, 7) is 0.233. The number of methoxy groups -OCH3 is 5. The lowest BCUT2D eigenvalue weighted by molar-refractivity contribution is 0.0997. The van der Waals surface area contributed by atoms with Gasteiger partial charge in [0.2, 0.25) is 5.75 Å². The maximum absolute atomic E-state index is 13.0. The number of hydrogen-bond acceptors (Lipinski definition) is 7. The van der Waals surface area contributed by atoms with Crippen molar-refractivity contribution in [1.29, 1.82) is 0 Å². The van der Waals surface area contributed by atoms with Gasteiger partial charge < -0.3 is 28.3 Å². The SMILES string of the molecule is C#CCn1c(=NC(=O)c2cc(OC)c(OC)c(OC)c2)sc2cc(OC)c(OC)cc21. The van der Waals surface area contributed by atoms with Crippen LogP contribution in [0, 0.1) is 12.3 Å². The Morgan fingerprint density at radius 3 is 2.03 bits per heavy atom. The van der Waals surface area contributed by atoms with Gasteiger partial charge in [0.1, 0.15) is 0 Å². The number of thiazole rings is 1. The van der Waals surface area contributed by atoms with Crippen LogP contribution in [0.1, 0.15) is 10.4 Å². The number of fused-ring (bicyclic) bond motifs is 1. The van der Waals surface area contributed by atoms with E-state index in [1.54, 1.807) is 30.9 Å². The fourth-order valence-corrected chi connectivity index (χ4v) is 4.12. The molecule has 9 heteroatoms. The van der Waals surface area contributed by atoms with Crippen LogP contribution in [0.5, 0.6) is 28.7 Å². The predicted molar refractivity (Wildman–Crippen MR) is 118 cm³/mol. The van der Waals surface area contributed by atoms with Crippen molar-refractivity contribution in [2.45, 2.75) is 6.54 Å². The van der Waals surface area contributed by atoms with Gasteiger partial charge >= 0.3 is 0 Å². The van der Waals surface area contributed by atoms with Gasteiger partial charge in [-0.1, -0.05) is 17.3 Å². The van der Waals surface area contributed by atoms with Gasteiger partial charge in [0.15, 0.2) is 27.8 Å². The third-order valence-electron chi connectivity index (χ3n) is 4.55. The van der Waals surface area contributed by atoms with E-state index in [1.807, 2.05) is 12.1 Å². The Balaban J connectivity index is 2.19. The Morgan fingerprint density at radius 1 is 0.935 bits per heavy atom. The van der Waals surface area contributed by atoms with Crippen LogP contribution in [0.4, 0.5) is 0 Å². The van der Waals surface area contributed by atoms with Crippen molar-refractivity contribution in [2.24, 2.45) is 4.99 Å². The van der Waals surface area contributed by atoms with E-state index in [1.165, 1.54) is 32.7 Å². The molecule has 0 N–H and O–H groups in total. The summed E-state index contributed by atoms with van der Waals surface area (Å²) < 4.78 is 29.3. The molecule has 0 bridgehead atoms. The highest BCUT2D eigenvalue weighted by molar-refractivity contribution is 7.16. The summed E-state index contributed by atoms with van der Waals surface area (Å²) in [5.41, 5.74) is 1.08. The zero-order valence-electron chi connectivity index (χ0n) is 17.8. The van der Waals surface area contributed by atoms with E-state index < -0.39 is 5.91 Å². The minimum absolute atomic E-state index is 0.233. The third-order valence-corrected chi connectivity index (χ3v) is 5.59. The summed E-state index contributed by atoms with van der Waals surface area (Å²) in [4.78, 5) is 17.8. The smallest absolute Gasteiger partial charge is 0.279 e. The number of terminal acetylenes is 1. The highest BCUT2D eigenvalue weighted by Crippen LogP contribution is 2.38. The van der Waals surface area contributed by atoms with Gasteiger partial charge in [-0.15, -0.1) is 6.42 Å². The molecular weight excluding hydrogens is 420 g/mol. The second kappa shape index (κ2) is 9.45. The highest BCUT2D eigenvalue weighted by Gasteiger charge is 2.18. The van der Waals surface area contributed by atoms with E-state index in [9.17, 15) is 4.79 Å². The monoisotopic (exact) mass is 442 g/mol. The lowest BCUT2D eigenvalue weighted by Crippen LogP contribution is -2.16. The fraction of sp³-hybridized carbons (Fsp3) is 0.273. The van der Waals surface area contributed by atoms with Crippen molar-refractivity contribution in [3.63, 3.8) is 0 Å². The summed E-state index contributed by atoms with van der Waals surface area (Å²) in [6, 6.07) is 6.75. The molecule has 0 saturated carbocycles. The second-order valence-corrected chi connectivity index (χ2v) is 7.19. The van der Waals surface area contributed by atoms with Crippen LogP contribution >= 0.6 is 11.3 Å². The number of rotatable bonds is 7. The normalized spacial score (nSPS) is 11.2. The van der Waals surface area contributed by atoms with Gasteiger partial charge in [-0.3, -0.25) is 4.79 Å². The first-order chi connectivity index (χ1) is 15.0. The number of nitrogens with zero attached hydrogens (tertiary/aromatic N) is 2. The van der Waals surface area contributed by atoms with E-state index in [4.69, 9.17) is 30.1 Å². The molecule has 0 saturated heterocycles. The maximum atomic E-state index is 13.0. The predicted octanol–water partition coefficient (Wildman–Crippen LogP) is 3.12. The van der Waals surface area contributed by atoms with Crippen LogP contribution < -0.4 is 28.5 Å². The molecule has 2 aromatic carbocycles. The molecule has 0 fully saturated rings. The summed E-state index contributed by atoms with van der Waals surface area (Å²) in [7, 11) is 7.58. The number of ether oxygens (including phenoxy) is 5. The summed E-state index contributed by atoms with van der Waals surface area (Å²) in [6.07, 6.45) is 5.56. The molecule has 8 nitrogen and oxygen atoms in total. The van der Waals surface area contributed by atoms with Gasteiger partial charge in [0.05, 0.1) is 52.3 Å². The molecule has 0 radical (unpaired) electrons. The molecule has 0 aliphatic heterocycles. The zero-order valence-corrected chi connectivity index (χ0v) is 18.7. The molecule has 162 valence electrons. The molecule has 0 aliphatic rings. The first-order valence-electron chi connectivity index (χ1n) is 9.09. The number of carbonyl (C=O) groups is 1. The lowest BCUT2D eigenvalue weighted by atomic mass is 10.1. The molecule has 0 aliphatic carbocycles. The Labute approximate surface area is 183 Å². The molecule has 0 atom stereocenters. The maximum Gasteiger partial charge on any atom is 0.279 e. The Morgan fingerprint density at radius 2 is 1.52 bits per heavy atom. The van der Waals surface area contributed by atoms with E-state index in [0.717, 1.165) is 10.2 Å². The second-order valence-electron chi connectivity index (χ2n) is 6.18. The van der Waals surface area contributed by atoms with Crippen molar-refractivity contribution < 1.29 is 28.5 Å². The lowest BCUT2D eigenvalue weighted by Gasteiger charge is -2.12. The van der Waals surface area contributed by atoms with Crippen LogP contribution in [0.15, 0.2) is 29.3 Å². The molecule has 31 heavy (non-hydrogen) atoms. The van der Waals surface area contributed by atoms with Gasteiger partial charge in [0.25, 0.3) is 5.91 Å². The molecule has 3 aromatic rings. The first-order valence-corrected chi connectivity index (χ1v) is 9.90. The van der Waals surface area contributed by atoms with Crippen molar-refractivity contribution in [3.8, 4) is 41.1 Å². The average Bonchev–Trinajstić information content (AvgIpc) is 3.12. The Bertz CT molecular complexity index is 1210. The summed E-state index contributed by atoms with van der Waals surface area (Å²) in [5, 5.41) is 0. The van der Waals surface area contributed by atoms with Crippen LogP contribution in [-0.4, -0.2) is 46.0 Å². The molecule has 0 spiro atoms. The molecule has 0 unspecified atom stereocenters. The quantitative estimate of drug-likeness (QED) is 0.523. The van der Waals surface area contributed by atoms with E-state index in [2.05, 4.69) is 10.9 Å². The first kappa shape index (κ1) is 22.1. The number of carbonyl (C=O) groups excluding carboxylic acids is 1. The van der Waals surface area contributed by atoms with E-state index >= 15 is 0 Å². The average molecular weight is 442 g/mol. The van der Waals surface area contributed by atoms with Crippen LogP contribution in [0.25, 0.3) is 10.2 Å². The highest BCUT2D eigenvalue weighted by atomic mass is 32.1. The van der Waals surface area contributed by atoms with Gasteiger partial charge in [-0.25, -0.2) is 0 Å². The number of benzene rings is 2. The molecule has 3 rings (SSSR count).